The standard InChI is InChI=1S/C19H31N3O5S/c1-4-9-20-19(23)15-21-10-12-22(13-11-21)28(24,25)16-7-8-17(26-5-2)18(14-16)27-6-3/h7-8,14H,4-6,9-13,15H2,1-3H3,(H,20,23)/p+1. The minimum atomic E-state index is -3.62. The lowest BCUT2D eigenvalue weighted by atomic mass is 10.3. The predicted molar refractivity (Wildman–Crippen MR) is 106 cm³/mol. The fourth-order valence-electron chi connectivity index (χ4n) is 3.11. The Kier molecular flexibility index (Phi) is 8.53. The van der Waals surface area contributed by atoms with Gasteiger partial charge in [0.25, 0.3) is 5.91 Å². The van der Waals surface area contributed by atoms with E-state index in [1.807, 2.05) is 20.8 Å². The van der Waals surface area contributed by atoms with Crippen molar-refractivity contribution in [1.29, 1.82) is 0 Å². The van der Waals surface area contributed by atoms with Crippen LogP contribution in [0.4, 0.5) is 0 Å². The Balaban J connectivity index is 2.03. The summed E-state index contributed by atoms with van der Waals surface area (Å²) in [6.07, 6.45) is 0.902. The molecular formula is C19H32N3O5S+. The highest BCUT2D eigenvalue weighted by atomic mass is 32.2. The van der Waals surface area contributed by atoms with E-state index in [-0.39, 0.29) is 10.8 Å². The van der Waals surface area contributed by atoms with Crippen molar-refractivity contribution in [2.45, 2.75) is 32.1 Å². The molecule has 8 nitrogen and oxygen atoms in total. The third-order valence-corrected chi connectivity index (χ3v) is 6.46. The average Bonchev–Trinajstić information content (AvgIpc) is 2.68. The van der Waals surface area contributed by atoms with Crippen molar-refractivity contribution in [3.63, 3.8) is 0 Å². The first kappa shape index (κ1) is 22.4. The third-order valence-electron chi connectivity index (χ3n) is 4.56. The Hall–Kier alpha value is -1.84. The van der Waals surface area contributed by atoms with Crippen LogP contribution in [0, 0.1) is 0 Å². The molecule has 1 heterocycles. The van der Waals surface area contributed by atoms with Gasteiger partial charge in [-0.15, -0.1) is 0 Å². The molecular weight excluding hydrogens is 382 g/mol. The summed E-state index contributed by atoms with van der Waals surface area (Å²) in [7, 11) is -3.62. The van der Waals surface area contributed by atoms with Crippen LogP contribution in [0.3, 0.4) is 0 Å². The summed E-state index contributed by atoms with van der Waals surface area (Å²) in [6, 6.07) is 4.72. The van der Waals surface area contributed by atoms with Gasteiger partial charge in [0.1, 0.15) is 0 Å². The van der Waals surface area contributed by atoms with Gasteiger partial charge in [-0.25, -0.2) is 8.42 Å². The number of hydrogen-bond donors (Lipinski definition) is 2. The molecule has 1 fully saturated rings. The normalized spacial score (nSPS) is 16.0. The van der Waals surface area contributed by atoms with Gasteiger partial charge in [0.05, 0.1) is 44.3 Å². The van der Waals surface area contributed by atoms with Crippen LogP contribution in [0.15, 0.2) is 23.1 Å². The molecule has 0 bridgehead atoms. The van der Waals surface area contributed by atoms with Crippen molar-refractivity contribution in [1.82, 2.24) is 9.62 Å². The molecule has 0 spiro atoms. The second-order valence-electron chi connectivity index (χ2n) is 6.66. The summed E-state index contributed by atoms with van der Waals surface area (Å²) in [5.74, 6) is 0.985. The highest BCUT2D eigenvalue weighted by Crippen LogP contribution is 2.31. The number of nitrogens with one attached hydrogen (secondary N) is 2. The topological polar surface area (TPSA) is 89.4 Å². The van der Waals surface area contributed by atoms with E-state index in [0.717, 1.165) is 11.3 Å². The molecule has 1 amide bonds. The first-order chi connectivity index (χ1) is 13.4. The molecule has 0 unspecified atom stereocenters. The van der Waals surface area contributed by atoms with Gasteiger partial charge in [0.2, 0.25) is 10.0 Å². The fourth-order valence-corrected chi connectivity index (χ4v) is 4.57. The minimum Gasteiger partial charge on any atom is -0.490 e. The number of benzene rings is 1. The van der Waals surface area contributed by atoms with Crippen molar-refractivity contribution in [2.24, 2.45) is 0 Å². The molecule has 0 aliphatic carbocycles. The fraction of sp³-hybridized carbons (Fsp3) is 0.632. The number of ether oxygens (including phenoxy) is 2. The minimum absolute atomic E-state index is 0.0148. The Bertz CT molecular complexity index is 746. The molecule has 28 heavy (non-hydrogen) atoms. The zero-order valence-corrected chi connectivity index (χ0v) is 17.8. The summed E-state index contributed by atoms with van der Waals surface area (Å²) >= 11 is 0. The number of quaternary nitrogens is 1. The van der Waals surface area contributed by atoms with E-state index in [2.05, 4.69) is 5.32 Å². The molecule has 1 aliphatic heterocycles. The molecule has 1 aromatic rings. The van der Waals surface area contributed by atoms with E-state index in [0.29, 0.717) is 64.0 Å². The summed E-state index contributed by atoms with van der Waals surface area (Å²) in [6.45, 7) is 9.65. The van der Waals surface area contributed by atoms with Gasteiger partial charge in [-0.05, 0) is 32.4 Å². The van der Waals surface area contributed by atoms with Crippen LogP contribution in [0.25, 0.3) is 0 Å². The highest BCUT2D eigenvalue weighted by molar-refractivity contribution is 7.89. The molecule has 0 aromatic heterocycles. The summed E-state index contributed by atoms with van der Waals surface area (Å²) in [5.41, 5.74) is 0. The van der Waals surface area contributed by atoms with Gasteiger partial charge in [0, 0.05) is 12.6 Å². The zero-order valence-electron chi connectivity index (χ0n) is 17.0. The number of amides is 1. The maximum Gasteiger partial charge on any atom is 0.275 e. The van der Waals surface area contributed by atoms with Crippen molar-refractivity contribution < 1.29 is 27.6 Å². The van der Waals surface area contributed by atoms with Crippen LogP contribution in [-0.4, -0.2) is 71.1 Å². The lowest BCUT2D eigenvalue weighted by molar-refractivity contribution is -0.895. The predicted octanol–water partition coefficient (Wildman–Crippen LogP) is -0.101. The Morgan fingerprint density at radius 1 is 1.11 bits per heavy atom. The smallest absolute Gasteiger partial charge is 0.275 e. The highest BCUT2D eigenvalue weighted by Gasteiger charge is 2.31. The number of rotatable bonds is 10. The summed E-state index contributed by atoms with van der Waals surface area (Å²) in [5, 5.41) is 2.86. The van der Waals surface area contributed by atoms with Crippen LogP contribution in [0.2, 0.25) is 0 Å². The van der Waals surface area contributed by atoms with E-state index in [4.69, 9.17) is 9.47 Å². The summed E-state index contributed by atoms with van der Waals surface area (Å²) in [4.78, 5) is 13.2. The molecule has 1 saturated heterocycles. The monoisotopic (exact) mass is 414 g/mol. The van der Waals surface area contributed by atoms with Crippen molar-refractivity contribution in [2.75, 3.05) is 52.5 Å². The van der Waals surface area contributed by atoms with E-state index < -0.39 is 10.0 Å². The van der Waals surface area contributed by atoms with E-state index >= 15 is 0 Å². The van der Waals surface area contributed by atoms with Crippen LogP contribution in [0.5, 0.6) is 11.5 Å². The van der Waals surface area contributed by atoms with Gasteiger partial charge in [-0.3, -0.25) is 4.79 Å². The van der Waals surface area contributed by atoms with Gasteiger partial charge in [0.15, 0.2) is 18.0 Å². The number of sulfonamides is 1. The molecule has 0 saturated carbocycles. The van der Waals surface area contributed by atoms with E-state index in [1.165, 1.54) is 10.4 Å². The van der Waals surface area contributed by atoms with Crippen LogP contribution in [-0.2, 0) is 14.8 Å². The molecule has 0 radical (unpaired) electrons. The number of carbonyl (C=O) groups excluding carboxylic acids is 1. The van der Waals surface area contributed by atoms with Gasteiger partial charge >= 0.3 is 0 Å². The molecule has 2 N–H and O–H groups in total. The Morgan fingerprint density at radius 3 is 2.36 bits per heavy atom. The molecule has 1 aliphatic rings. The second-order valence-corrected chi connectivity index (χ2v) is 8.59. The van der Waals surface area contributed by atoms with Gasteiger partial charge in [-0.2, -0.15) is 4.31 Å². The van der Waals surface area contributed by atoms with Crippen molar-refractivity contribution in [3.05, 3.63) is 18.2 Å². The van der Waals surface area contributed by atoms with E-state index in [9.17, 15) is 13.2 Å². The average molecular weight is 415 g/mol. The number of hydrogen-bond acceptors (Lipinski definition) is 5. The first-order valence-electron chi connectivity index (χ1n) is 9.92. The quantitative estimate of drug-likeness (QED) is 0.558. The Labute approximate surface area is 167 Å². The van der Waals surface area contributed by atoms with Crippen molar-refractivity contribution >= 4 is 15.9 Å². The third kappa shape index (κ3) is 5.83. The lowest BCUT2D eigenvalue weighted by Gasteiger charge is -2.31. The first-order valence-corrected chi connectivity index (χ1v) is 11.4. The molecule has 158 valence electrons. The van der Waals surface area contributed by atoms with Crippen LogP contribution < -0.4 is 19.7 Å². The number of piperazine rings is 1. The maximum absolute atomic E-state index is 13.0. The van der Waals surface area contributed by atoms with Gasteiger partial charge < -0.3 is 19.7 Å². The molecule has 1 aromatic carbocycles. The summed E-state index contributed by atoms with van der Waals surface area (Å²) < 4.78 is 38.6. The second kappa shape index (κ2) is 10.6. The Morgan fingerprint density at radius 2 is 1.75 bits per heavy atom. The van der Waals surface area contributed by atoms with Gasteiger partial charge in [-0.1, -0.05) is 6.92 Å². The van der Waals surface area contributed by atoms with Crippen molar-refractivity contribution in [3.8, 4) is 11.5 Å². The van der Waals surface area contributed by atoms with Crippen LogP contribution in [0.1, 0.15) is 27.2 Å². The van der Waals surface area contributed by atoms with E-state index in [1.54, 1.807) is 12.1 Å². The number of nitrogens with zero attached hydrogens (tertiary/aromatic N) is 1. The number of carbonyl (C=O) groups is 1. The molecule has 9 heteroatoms. The van der Waals surface area contributed by atoms with Crippen LogP contribution >= 0.6 is 0 Å². The largest absolute Gasteiger partial charge is 0.490 e. The molecule has 0 atom stereocenters. The lowest BCUT2D eigenvalue weighted by Crippen LogP contribution is -3.15. The molecule has 2 rings (SSSR count). The SMILES string of the molecule is CCCNC(=O)C[NH+]1CCN(S(=O)(=O)c2ccc(OCC)c(OCC)c2)CC1. The zero-order chi connectivity index (χ0) is 20.6. The maximum atomic E-state index is 13.0.